The Balaban J connectivity index is 1.64. The second kappa shape index (κ2) is 8.93. The molecule has 0 radical (unpaired) electrons. The van der Waals surface area contributed by atoms with Crippen molar-refractivity contribution in [2.24, 2.45) is 0 Å². The maximum Gasteiger partial charge on any atom is 0.339 e. The number of benzene rings is 4. The van der Waals surface area contributed by atoms with Crippen molar-refractivity contribution < 1.29 is 17.3 Å². The zero-order valence-corrected chi connectivity index (χ0v) is 19.9. The quantitative estimate of drug-likeness (QED) is 0.214. The minimum atomic E-state index is -4.17. The molecule has 0 N–H and O–H groups in total. The second-order valence-corrected chi connectivity index (χ2v) is 10.5. The Morgan fingerprint density at radius 2 is 1.53 bits per heavy atom. The van der Waals surface area contributed by atoms with Gasteiger partial charge in [-0.1, -0.05) is 60.2 Å². The lowest BCUT2D eigenvalue weighted by molar-refractivity contribution is 0.306. The van der Waals surface area contributed by atoms with E-state index in [0.29, 0.717) is 22.4 Å². The molecule has 0 amide bonds. The van der Waals surface area contributed by atoms with Crippen LogP contribution in [0.4, 0.5) is 0 Å². The summed E-state index contributed by atoms with van der Waals surface area (Å²) in [5, 5.41) is 0.724. The molecule has 1 aromatic heterocycles. The third-order valence-corrected chi connectivity index (χ3v) is 7.74. The molecule has 0 aliphatic heterocycles. The van der Waals surface area contributed by atoms with E-state index in [1.807, 2.05) is 49.4 Å². The van der Waals surface area contributed by atoms with E-state index in [-0.39, 0.29) is 21.5 Å². The minimum Gasteiger partial charge on any atom is -0.489 e. The van der Waals surface area contributed by atoms with Crippen LogP contribution in [0, 0.1) is 6.92 Å². The van der Waals surface area contributed by atoms with Crippen LogP contribution in [0.3, 0.4) is 0 Å². The van der Waals surface area contributed by atoms with Crippen molar-refractivity contribution in [2.45, 2.75) is 18.4 Å². The molecule has 0 spiro atoms. The van der Waals surface area contributed by atoms with E-state index in [1.165, 1.54) is 29.5 Å². The van der Waals surface area contributed by atoms with Gasteiger partial charge in [-0.15, -0.1) is 11.3 Å². The van der Waals surface area contributed by atoms with Gasteiger partial charge in [-0.25, -0.2) is 0 Å². The molecule has 4 aromatic carbocycles. The SMILES string of the molecule is Cc1ccc(S(=O)(=O)Oc2cc(OCc3ccccc3)cc3sc4ccccc4c(=O)c23)cc1. The summed E-state index contributed by atoms with van der Waals surface area (Å²) in [4.78, 5) is 13.4. The van der Waals surface area contributed by atoms with Crippen LogP contribution in [0.5, 0.6) is 11.5 Å². The first-order valence-electron chi connectivity index (χ1n) is 10.6. The van der Waals surface area contributed by atoms with Crippen LogP contribution in [0.1, 0.15) is 11.1 Å². The van der Waals surface area contributed by atoms with Crippen LogP contribution in [0.2, 0.25) is 0 Å². The standard InChI is InChI=1S/C27H20O5S2/c1-18-11-13-21(14-12-18)34(29,30)32-23-15-20(31-17-19-7-3-2-4-8-19)16-25-26(23)27(28)22-9-5-6-10-24(22)33-25/h2-16H,17H2,1H3. The van der Waals surface area contributed by atoms with Gasteiger partial charge < -0.3 is 8.92 Å². The van der Waals surface area contributed by atoms with E-state index < -0.39 is 10.1 Å². The van der Waals surface area contributed by atoms with Gasteiger partial charge in [-0.05, 0) is 42.8 Å². The van der Waals surface area contributed by atoms with Gasteiger partial charge in [0.25, 0.3) is 0 Å². The highest BCUT2D eigenvalue weighted by molar-refractivity contribution is 7.87. The van der Waals surface area contributed by atoms with Crippen molar-refractivity contribution in [2.75, 3.05) is 0 Å². The van der Waals surface area contributed by atoms with E-state index >= 15 is 0 Å². The Morgan fingerprint density at radius 3 is 2.29 bits per heavy atom. The first kappa shape index (κ1) is 22.1. The molecule has 0 aliphatic carbocycles. The predicted molar refractivity (Wildman–Crippen MR) is 135 cm³/mol. The van der Waals surface area contributed by atoms with Crippen molar-refractivity contribution in [3.8, 4) is 11.5 Å². The highest BCUT2D eigenvalue weighted by Gasteiger charge is 2.21. The van der Waals surface area contributed by atoms with Gasteiger partial charge in [0.05, 0.1) is 5.39 Å². The average molecular weight is 489 g/mol. The molecule has 34 heavy (non-hydrogen) atoms. The molecule has 7 heteroatoms. The Morgan fingerprint density at radius 1 is 0.824 bits per heavy atom. The molecule has 0 saturated heterocycles. The van der Waals surface area contributed by atoms with Gasteiger partial charge in [-0.3, -0.25) is 4.79 Å². The summed E-state index contributed by atoms with van der Waals surface area (Å²) in [7, 11) is -4.17. The van der Waals surface area contributed by atoms with E-state index in [2.05, 4.69) is 0 Å². The fourth-order valence-corrected chi connectivity index (χ4v) is 5.69. The van der Waals surface area contributed by atoms with Crippen LogP contribution >= 0.6 is 11.3 Å². The third-order valence-electron chi connectivity index (χ3n) is 5.38. The number of rotatable bonds is 6. The predicted octanol–water partition coefficient (Wildman–Crippen LogP) is 6.07. The first-order valence-corrected chi connectivity index (χ1v) is 12.8. The van der Waals surface area contributed by atoms with Gasteiger partial charge in [0.1, 0.15) is 17.3 Å². The fourth-order valence-electron chi connectivity index (χ4n) is 3.63. The van der Waals surface area contributed by atoms with E-state index in [9.17, 15) is 13.2 Å². The maximum absolute atomic E-state index is 13.4. The van der Waals surface area contributed by atoms with Gasteiger partial charge in [-0.2, -0.15) is 8.42 Å². The minimum absolute atomic E-state index is 0.0127. The lowest BCUT2D eigenvalue weighted by Gasteiger charge is -2.13. The molecular weight excluding hydrogens is 468 g/mol. The number of fused-ring (bicyclic) bond motifs is 2. The van der Waals surface area contributed by atoms with Gasteiger partial charge in [0.15, 0.2) is 11.2 Å². The molecule has 0 bridgehead atoms. The summed E-state index contributed by atoms with van der Waals surface area (Å²) in [5.41, 5.74) is 1.60. The zero-order chi connectivity index (χ0) is 23.7. The van der Waals surface area contributed by atoms with Crippen LogP contribution in [-0.4, -0.2) is 8.42 Å². The molecule has 0 unspecified atom stereocenters. The summed E-state index contributed by atoms with van der Waals surface area (Å²) < 4.78 is 39.0. The Hall–Kier alpha value is -3.68. The molecule has 0 fully saturated rings. The highest BCUT2D eigenvalue weighted by Crippen LogP contribution is 2.36. The number of ether oxygens (including phenoxy) is 1. The normalized spacial score (nSPS) is 11.6. The topological polar surface area (TPSA) is 69.7 Å². The Kier molecular flexibility index (Phi) is 5.81. The maximum atomic E-state index is 13.4. The van der Waals surface area contributed by atoms with Crippen molar-refractivity contribution >= 4 is 41.6 Å². The van der Waals surface area contributed by atoms with Gasteiger partial charge in [0, 0.05) is 20.9 Å². The molecule has 5 rings (SSSR count). The molecule has 5 aromatic rings. The second-order valence-electron chi connectivity index (χ2n) is 7.85. The van der Waals surface area contributed by atoms with Crippen molar-refractivity contribution in [3.63, 3.8) is 0 Å². The highest BCUT2D eigenvalue weighted by atomic mass is 32.2. The lowest BCUT2D eigenvalue weighted by atomic mass is 10.1. The van der Waals surface area contributed by atoms with Crippen LogP contribution in [-0.2, 0) is 16.7 Å². The summed E-state index contributed by atoms with van der Waals surface area (Å²) in [5.74, 6) is 0.365. The average Bonchev–Trinajstić information content (AvgIpc) is 2.83. The Bertz CT molecular complexity index is 1660. The molecule has 0 saturated carbocycles. The number of aryl methyl sites for hydroxylation is 1. The van der Waals surface area contributed by atoms with Gasteiger partial charge >= 0.3 is 10.1 Å². The van der Waals surface area contributed by atoms with Gasteiger partial charge in [0.2, 0.25) is 0 Å². The molecular formula is C27H20O5S2. The summed E-state index contributed by atoms with van der Waals surface area (Å²) in [6.45, 7) is 2.16. The molecule has 5 nitrogen and oxygen atoms in total. The van der Waals surface area contributed by atoms with Crippen LogP contribution in [0.25, 0.3) is 20.2 Å². The lowest BCUT2D eigenvalue weighted by Crippen LogP contribution is -2.12. The molecule has 170 valence electrons. The van der Waals surface area contributed by atoms with E-state index in [1.54, 1.807) is 30.3 Å². The molecule has 1 heterocycles. The Labute approximate surface area is 201 Å². The van der Waals surface area contributed by atoms with Crippen molar-refractivity contribution in [1.82, 2.24) is 0 Å². The fraction of sp³-hybridized carbons (Fsp3) is 0.0741. The van der Waals surface area contributed by atoms with E-state index in [0.717, 1.165) is 15.8 Å². The van der Waals surface area contributed by atoms with E-state index in [4.69, 9.17) is 8.92 Å². The van der Waals surface area contributed by atoms with Crippen molar-refractivity contribution in [1.29, 1.82) is 0 Å². The number of hydrogen-bond acceptors (Lipinski definition) is 6. The number of hydrogen-bond donors (Lipinski definition) is 0. The van der Waals surface area contributed by atoms with Crippen LogP contribution in [0.15, 0.2) is 101 Å². The molecule has 0 atom stereocenters. The van der Waals surface area contributed by atoms with Crippen LogP contribution < -0.4 is 14.3 Å². The zero-order valence-electron chi connectivity index (χ0n) is 18.2. The summed E-state index contributed by atoms with van der Waals surface area (Å²) >= 11 is 1.38. The molecule has 0 aliphatic rings. The largest absolute Gasteiger partial charge is 0.489 e. The third kappa shape index (κ3) is 4.40. The monoisotopic (exact) mass is 488 g/mol. The summed E-state index contributed by atoms with van der Waals surface area (Å²) in [6, 6.07) is 26.4. The smallest absolute Gasteiger partial charge is 0.339 e. The first-order chi connectivity index (χ1) is 16.4. The summed E-state index contributed by atoms with van der Waals surface area (Å²) in [6.07, 6.45) is 0. The van der Waals surface area contributed by atoms with Crippen molar-refractivity contribution in [3.05, 3.63) is 112 Å².